The largest absolute Gasteiger partial charge is 0.496 e. The molecule has 0 unspecified atom stereocenters. The molecule has 1 aliphatic heterocycles. The van der Waals surface area contributed by atoms with Gasteiger partial charge in [-0.1, -0.05) is 23.7 Å². The van der Waals surface area contributed by atoms with Crippen LogP contribution in [0.3, 0.4) is 0 Å². The number of ether oxygens (including phenoxy) is 1. The number of nitrogens with one attached hydrogen (secondary N) is 1. The van der Waals surface area contributed by atoms with Crippen molar-refractivity contribution in [2.45, 2.75) is 12.5 Å². The van der Waals surface area contributed by atoms with Crippen molar-refractivity contribution in [3.05, 3.63) is 58.1 Å². The topological polar surface area (TPSA) is 44.8 Å². The smallest absolute Gasteiger partial charge is 0.255 e. The molecule has 1 N–H and O–H groups in total. The highest BCUT2D eigenvalue weighted by molar-refractivity contribution is 6.31. The molecule has 0 saturated heterocycles. The minimum atomic E-state index is -0.193. The van der Waals surface area contributed by atoms with E-state index in [2.05, 4.69) is 40.4 Å². The molecule has 144 valence electrons. The van der Waals surface area contributed by atoms with Crippen LogP contribution in [0, 0.1) is 0 Å². The number of hydrogen-bond donors (Lipinski definition) is 1. The number of anilines is 1. The van der Waals surface area contributed by atoms with E-state index in [9.17, 15) is 4.79 Å². The van der Waals surface area contributed by atoms with Gasteiger partial charge in [0, 0.05) is 30.8 Å². The zero-order valence-corrected chi connectivity index (χ0v) is 17.0. The van der Waals surface area contributed by atoms with Crippen molar-refractivity contribution in [1.29, 1.82) is 0 Å². The minimum Gasteiger partial charge on any atom is -0.496 e. The molecule has 0 radical (unpaired) electrons. The van der Waals surface area contributed by atoms with Crippen LogP contribution < -0.4 is 15.0 Å². The van der Waals surface area contributed by atoms with E-state index in [0.29, 0.717) is 22.9 Å². The van der Waals surface area contributed by atoms with Crippen molar-refractivity contribution in [2.75, 3.05) is 46.2 Å². The second-order valence-corrected chi connectivity index (χ2v) is 7.53. The average Bonchev–Trinajstić information content (AvgIpc) is 3.02. The Morgan fingerprint density at radius 3 is 2.78 bits per heavy atom. The van der Waals surface area contributed by atoms with Crippen molar-refractivity contribution in [3.63, 3.8) is 0 Å². The molecule has 1 heterocycles. The molecule has 2 aromatic rings. The third-order valence-electron chi connectivity index (χ3n) is 5.10. The molecule has 27 heavy (non-hydrogen) atoms. The number of carbonyl (C=O) groups excluding carboxylic acids is 1. The molecule has 0 aliphatic carbocycles. The fourth-order valence-electron chi connectivity index (χ4n) is 3.53. The molecule has 1 amide bonds. The Balaban J connectivity index is 1.76. The van der Waals surface area contributed by atoms with E-state index in [1.165, 1.54) is 16.8 Å². The van der Waals surface area contributed by atoms with Crippen LogP contribution in [0.5, 0.6) is 5.75 Å². The molecule has 0 bridgehead atoms. The Morgan fingerprint density at radius 1 is 1.30 bits per heavy atom. The van der Waals surface area contributed by atoms with Gasteiger partial charge in [0.25, 0.3) is 5.91 Å². The van der Waals surface area contributed by atoms with E-state index >= 15 is 0 Å². The van der Waals surface area contributed by atoms with E-state index in [1.807, 2.05) is 14.1 Å². The number of rotatable bonds is 6. The summed E-state index contributed by atoms with van der Waals surface area (Å²) in [4.78, 5) is 17.1. The van der Waals surface area contributed by atoms with Crippen LogP contribution in [0.2, 0.25) is 5.02 Å². The molecule has 1 atom stereocenters. The molecule has 6 heteroatoms. The number of methoxy groups -OCH3 is 1. The number of fused-ring (bicyclic) bond motifs is 1. The second kappa shape index (κ2) is 8.19. The summed E-state index contributed by atoms with van der Waals surface area (Å²) in [5.74, 6) is 0.320. The normalized spacial score (nSPS) is 14.2. The van der Waals surface area contributed by atoms with Crippen LogP contribution in [0.1, 0.15) is 27.5 Å². The SMILES string of the molecule is COc1ccc(Cl)cc1C(=O)NC[C@H](c1ccc2c(c1)CCN2C)N(C)C. The van der Waals surface area contributed by atoms with Crippen molar-refractivity contribution >= 4 is 23.2 Å². The molecule has 5 nitrogen and oxygen atoms in total. The fourth-order valence-corrected chi connectivity index (χ4v) is 3.71. The van der Waals surface area contributed by atoms with Gasteiger partial charge in [-0.25, -0.2) is 0 Å². The van der Waals surface area contributed by atoms with Gasteiger partial charge in [-0.3, -0.25) is 4.79 Å². The molecular weight excluding hydrogens is 362 g/mol. The Kier molecular flexibility index (Phi) is 5.92. The molecule has 1 aliphatic rings. The maximum Gasteiger partial charge on any atom is 0.255 e. The van der Waals surface area contributed by atoms with Crippen molar-refractivity contribution in [2.24, 2.45) is 0 Å². The number of amides is 1. The predicted molar refractivity (Wildman–Crippen MR) is 110 cm³/mol. The zero-order valence-electron chi connectivity index (χ0n) is 16.3. The van der Waals surface area contributed by atoms with Gasteiger partial charge < -0.3 is 19.9 Å². The van der Waals surface area contributed by atoms with Gasteiger partial charge in [0.1, 0.15) is 5.75 Å². The van der Waals surface area contributed by atoms with Crippen molar-refractivity contribution < 1.29 is 9.53 Å². The number of halogens is 1. The number of carbonyl (C=O) groups is 1. The summed E-state index contributed by atoms with van der Waals surface area (Å²) in [7, 11) is 7.71. The van der Waals surface area contributed by atoms with Crippen LogP contribution in [-0.4, -0.2) is 52.1 Å². The maximum atomic E-state index is 12.7. The van der Waals surface area contributed by atoms with Gasteiger partial charge in [0.05, 0.1) is 18.7 Å². The molecule has 3 rings (SSSR count). The molecule has 0 spiro atoms. The first-order chi connectivity index (χ1) is 12.9. The number of benzene rings is 2. The highest BCUT2D eigenvalue weighted by Gasteiger charge is 2.21. The lowest BCUT2D eigenvalue weighted by atomic mass is 10.0. The van der Waals surface area contributed by atoms with Crippen LogP contribution in [0.25, 0.3) is 0 Å². The highest BCUT2D eigenvalue weighted by Crippen LogP contribution is 2.30. The zero-order chi connectivity index (χ0) is 19.6. The lowest BCUT2D eigenvalue weighted by Gasteiger charge is -2.26. The van der Waals surface area contributed by atoms with Crippen molar-refractivity contribution in [3.8, 4) is 5.75 Å². The van der Waals surface area contributed by atoms with Gasteiger partial charge in [-0.15, -0.1) is 0 Å². The third-order valence-corrected chi connectivity index (χ3v) is 5.34. The quantitative estimate of drug-likeness (QED) is 0.825. The maximum absolute atomic E-state index is 12.7. The second-order valence-electron chi connectivity index (χ2n) is 7.09. The van der Waals surface area contributed by atoms with Crippen LogP contribution >= 0.6 is 11.6 Å². The minimum absolute atomic E-state index is 0.0790. The van der Waals surface area contributed by atoms with Gasteiger partial charge in [0.15, 0.2) is 0 Å². The Labute approximate surface area is 165 Å². The van der Waals surface area contributed by atoms with Crippen LogP contribution in [0.15, 0.2) is 36.4 Å². The fraction of sp³-hybridized carbons (Fsp3) is 0.381. The van der Waals surface area contributed by atoms with Gasteiger partial charge in [-0.2, -0.15) is 0 Å². The first kappa shape index (κ1) is 19.5. The molecular formula is C21H26ClN3O2. The molecule has 0 saturated carbocycles. The number of nitrogens with zero attached hydrogens (tertiary/aromatic N) is 2. The summed E-state index contributed by atoms with van der Waals surface area (Å²) >= 11 is 6.05. The summed E-state index contributed by atoms with van der Waals surface area (Å²) in [5, 5.41) is 3.53. The van der Waals surface area contributed by atoms with E-state index in [1.54, 1.807) is 25.3 Å². The Bertz CT molecular complexity index is 838. The Hall–Kier alpha value is -2.24. The van der Waals surface area contributed by atoms with E-state index in [4.69, 9.17) is 16.3 Å². The van der Waals surface area contributed by atoms with Gasteiger partial charge in [-0.05, 0) is 55.9 Å². The Morgan fingerprint density at radius 2 is 2.07 bits per heavy atom. The van der Waals surface area contributed by atoms with Gasteiger partial charge >= 0.3 is 0 Å². The summed E-state index contributed by atoms with van der Waals surface area (Å²) in [6.45, 7) is 1.55. The summed E-state index contributed by atoms with van der Waals surface area (Å²) in [5.41, 5.74) is 4.30. The first-order valence-corrected chi connectivity index (χ1v) is 9.40. The lowest BCUT2D eigenvalue weighted by Crippen LogP contribution is -2.34. The average molecular weight is 388 g/mol. The molecule has 0 fully saturated rings. The summed E-state index contributed by atoms with van der Waals surface area (Å²) < 4.78 is 5.29. The van der Waals surface area contributed by atoms with E-state index < -0.39 is 0 Å². The van der Waals surface area contributed by atoms with Gasteiger partial charge in [0.2, 0.25) is 0 Å². The standard InChI is InChI=1S/C21H26ClN3O2/c1-24(2)19(14-5-7-18-15(11-14)9-10-25(18)3)13-23-21(26)17-12-16(22)6-8-20(17)27-4/h5-8,11-12,19H,9-10,13H2,1-4H3,(H,23,26)/t19-/m1/s1. The number of likely N-dealkylation sites (N-methyl/N-ethyl adjacent to an activating group) is 2. The first-order valence-electron chi connectivity index (χ1n) is 9.03. The van der Waals surface area contributed by atoms with E-state index in [-0.39, 0.29) is 11.9 Å². The third kappa shape index (κ3) is 4.20. The highest BCUT2D eigenvalue weighted by atomic mass is 35.5. The monoisotopic (exact) mass is 387 g/mol. The summed E-state index contributed by atoms with van der Waals surface area (Å²) in [6.07, 6.45) is 1.06. The van der Waals surface area contributed by atoms with Crippen LogP contribution in [-0.2, 0) is 6.42 Å². The predicted octanol–water partition coefficient (Wildman–Crippen LogP) is 3.37. The van der Waals surface area contributed by atoms with Crippen LogP contribution in [0.4, 0.5) is 5.69 Å². The lowest BCUT2D eigenvalue weighted by molar-refractivity contribution is 0.0939. The molecule has 2 aromatic carbocycles. The van der Waals surface area contributed by atoms with E-state index in [0.717, 1.165) is 13.0 Å². The number of hydrogen-bond acceptors (Lipinski definition) is 4. The van der Waals surface area contributed by atoms with Crippen molar-refractivity contribution in [1.82, 2.24) is 10.2 Å². The molecule has 0 aromatic heterocycles. The summed E-state index contributed by atoms with van der Waals surface area (Å²) in [6, 6.07) is 11.7.